The zero-order chi connectivity index (χ0) is 10.9. The minimum absolute atomic E-state index is 0.300. The standard InChI is InChI=1S/C12H20O2S/c13-9-3-1-5-11-7-8-12(15-11)6-2-4-10-14/h7-8,13-14H,1-6,9-10H2. The molecular formula is C12H20O2S. The Kier molecular flexibility index (Phi) is 6.64. The van der Waals surface area contributed by atoms with Crippen molar-refractivity contribution in [3.8, 4) is 0 Å². The van der Waals surface area contributed by atoms with Gasteiger partial charge in [-0.05, 0) is 50.7 Å². The van der Waals surface area contributed by atoms with Gasteiger partial charge in [-0.3, -0.25) is 0 Å². The third kappa shape index (κ3) is 5.30. The van der Waals surface area contributed by atoms with Crippen LogP contribution in [-0.2, 0) is 12.8 Å². The van der Waals surface area contributed by atoms with Crippen LogP contribution in [0, 0.1) is 0 Å². The van der Waals surface area contributed by atoms with Crippen LogP contribution in [-0.4, -0.2) is 23.4 Å². The van der Waals surface area contributed by atoms with Gasteiger partial charge in [-0.2, -0.15) is 0 Å². The van der Waals surface area contributed by atoms with E-state index in [-0.39, 0.29) is 0 Å². The van der Waals surface area contributed by atoms with Gasteiger partial charge < -0.3 is 10.2 Å². The summed E-state index contributed by atoms with van der Waals surface area (Å²) in [6.45, 7) is 0.601. The number of aliphatic hydroxyl groups is 2. The minimum Gasteiger partial charge on any atom is -0.396 e. The average molecular weight is 228 g/mol. The molecule has 86 valence electrons. The number of aliphatic hydroxyl groups excluding tert-OH is 2. The summed E-state index contributed by atoms with van der Waals surface area (Å²) in [4.78, 5) is 2.84. The highest BCUT2D eigenvalue weighted by molar-refractivity contribution is 7.11. The van der Waals surface area contributed by atoms with E-state index in [1.165, 1.54) is 9.75 Å². The van der Waals surface area contributed by atoms with E-state index in [1.54, 1.807) is 0 Å². The van der Waals surface area contributed by atoms with Gasteiger partial charge in [0.2, 0.25) is 0 Å². The zero-order valence-electron chi connectivity index (χ0n) is 9.11. The number of aryl methyl sites for hydroxylation is 2. The Bertz CT molecular complexity index is 233. The Morgan fingerprint density at radius 3 is 1.67 bits per heavy atom. The second kappa shape index (κ2) is 7.85. The molecule has 0 saturated heterocycles. The number of hydrogen-bond donors (Lipinski definition) is 2. The minimum atomic E-state index is 0.300. The van der Waals surface area contributed by atoms with Crippen LogP contribution in [0.1, 0.15) is 35.4 Å². The molecule has 0 atom stereocenters. The SMILES string of the molecule is OCCCCc1ccc(CCCCO)s1. The van der Waals surface area contributed by atoms with Crippen molar-refractivity contribution < 1.29 is 10.2 Å². The van der Waals surface area contributed by atoms with Crippen LogP contribution in [0.25, 0.3) is 0 Å². The highest BCUT2D eigenvalue weighted by Crippen LogP contribution is 2.20. The predicted octanol–water partition coefficient (Wildman–Crippen LogP) is 2.38. The molecule has 1 aromatic rings. The molecule has 1 aromatic heterocycles. The number of thiophene rings is 1. The lowest BCUT2D eigenvalue weighted by Gasteiger charge is -1.96. The molecule has 0 saturated carbocycles. The van der Waals surface area contributed by atoms with Crippen molar-refractivity contribution in [2.75, 3.05) is 13.2 Å². The van der Waals surface area contributed by atoms with Gasteiger partial charge in [-0.25, -0.2) is 0 Å². The fourth-order valence-corrected chi connectivity index (χ4v) is 2.61. The molecule has 0 radical (unpaired) electrons. The Labute approximate surface area is 95.6 Å². The third-order valence-electron chi connectivity index (χ3n) is 2.38. The van der Waals surface area contributed by atoms with Gasteiger partial charge in [0.25, 0.3) is 0 Å². The molecule has 0 fully saturated rings. The lowest BCUT2D eigenvalue weighted by atomic mass is 10.2. The molecule has 1 heterocycles. The van der Waals surface area contributed by atoms with E-state index >= 15 is 0 Å². The normalized spacial score (nSPS) is 10.8. The van der Waals surface area contributed by atoms with Gasteiger partial charge >= 0.3 is 0 Å². The van der Waals surface area contributed by atoms with Crippen LogP contribution < -0.4 is 0 Å². The molecule has 0 spiro atoms. The predicted molar refractivity (Wildman–Crippen MR) is 64.4 cm³/mol. The summed E-state index contributed by atoms with van der Waals surface area (Å²) in [5.74, 6) is 0. The molecule has 2 N–H and O–H groups in total. The molecule has 0 aliphatic heterocycles. The quantitative estimate of drug-likeness (QED) is 0.671. The van der Waals surface area contributed by atoms with Gasteiger partial charge in [-0.1, -0.05) is 0 Å². The highest BCUT2D eigenvalue weighted by atomic mass is 32.1. The Balaban J connectivity index is 2.23. The van der Waals surface area contributed by atoms with E-state index in [0.717, 1.165) is 38.5 Å². The van der Waals surface area contributed by atoms with E-state index in [1.807, 2.05) is 11.3 Å². The smallest absolute Gasteiger partial charge is 0.0431 e. The Hall–Kier alpha value is -0.380. The molecule has 0 unspecified atom stereocenters. The van der Waals surface area contributed by atoms with Crippen molar-refractivity contribution in [3.05, 3.63) is 21.9 Å². The van der Waals surface area contributed by atoms with Crippen LogP contribution in [0.2, 0.25) is 0 Å². The largest absolute Gasteiger partial charge is 0.396 e. The first-order chi connectivity index (χ1) is 7.36. The van der Waals surface area contributed by atoms with Gasteiger partial charge in [0.15, 0.2) is 0 Å². The molecule has 2 nitrogen and oxygen atoms in total. The van der Waals surface area contributed by atoms with Crippen LogP contribution in [0.15, 0.2) is 12.1 Å². The lowest BCUT2D eigenvalue weighted by molar-refractivity contribution is 0.284. The molecule has 3 heteroatoms. The lowest BCUT2D eigenvalue weighted by Crippen LogP contribution is -1.86. The van der Waals surface area contributed by atoms with Crippen molar-refractivity contribution >= 4 is 11.3 Å². The number of rotatable bonds is 8. The van der Waals surface area contributed by atoms with Crippen molar-refractivity contribution in [2.45, 2.75) is 38.5 Å². The molecular weight excluding hydrogens is 208 g/mol. The van der Waals surface area contributed by atoms with Crippen LogP contribution in [0.5, 0.6) is 0 Å². The number of unbranched alkanes of at least 4 members (excludes halogenated alkanes) is 2. The highest BCUT2D eigenvalue weighted by Gasteiger charge is 2.00. The Morgan fingerprint density at radius 2 is 1.27 bits per heavy atom. The molecule has 1 rings (SSSR count). The van der Waals surface area contributed by atoms with Gasteiger partial charge in [0.1, 0.15) is 0 Å². The van der Waals surface area contributed by atoms with Crippen molar-refractivity contribution in [1.82, 2.24) is 0 Å². The molecule has 0 aromatic carbocycles. The zero-order valence-corrected chi connectivity index (χ0v) is 9.93. The van der Waals surface area contributed by atoms with Gasteiger partial charge in [0, 0.05) is 23.0 Å². The van der Waals surface area contributed by atoms with E-state index in [0.29, 0.717) is 13.2 Å². The van der Waals surface area contributed by atoms with Gasteiger partial charge in [0.05, 0.1) is 0 Å². The van der Waals surface area contributed by atoms with E-state index in [4.69, 9.17) is 10.2 Å². The first-order valence-corrected chi connectivity index (χ1v) is 6.47. The van der Waals surface area contributed by atoms with Crippen LogP contribution >= 0.6 is 11.3 Å². The average Bonchev–Trinajstić information content (AvgIpc) is 2.67. The topological polar surface area (TPSA) is 40.5 Å². The maximum atomic E-state index is 8.67. The third-order valence-corrected chi connectivity index (χ3v) is 3.58. The summed E-state index contributed by atoms with van der Waals surface area (Å²) in [6.07, 6.45) is 6.13. The van der Waals surface area contributed by atoms with E-state index < -0.39 is 0 Å². The fourth-order valence-electron chi connectivity index (χ4n) is 1.51. The van der Waals surface area contributed by atoms with E-state index in [9.17, 15) is 0 Å². The first-order valence-electron chi connectivity index (χ1n) is 5.66. The Morgan fingerprint density at radius 1 is 0.800 bits per heavy atom. The summed E-state index contributed by atoms with van der Waals surface area (Å²) in [5, 5.41) is 17.3. The first kappa shape index (κ1) is 12.7. The molecule has 0 aliphatic carbocycles. The second-order valence-electron chi connectivity index (χ2n) is 3.73. The number of hydrogen-bond acceptors (Lipinski definition) is 3. The summed E-state index contributed by atoms with van der Waals surface area (Å²) in [7, 11) is 0. The van der Waals surface area contributed by atoms with Crippen molar-refractivity contribution in [3.63, 3.8) is 0 Å². The fraction of sp³-hybridized carbons (Fsp3) is 0.667. The maximum Gasteiger partial charge on any atom is 0.0431 e. The van der Waals surface area contributed by atoms with Crippen molar-refractivity contribution in [1.29, 1.82) is 0 Å². The van der Waals surface area contributed by atoms with Crippen LogP contribution in [0.4, 0.5) is 0 Å². The monoisotopic (exact) mass is 228 g/mol. The van der Waals surface area contributed by atoms with E-state index in [2.05, 4.69) is 12.1 Å². The van der Waals surface area contributed by atoms with Crippen molar-refractivity contribution in [2.24, 2.45) is 0 Å². The second-order valence-corrected chi connectivity index (χ2v) is 4.98. The summed E-state index contributed by atoms with van der Waals surface area (Å²) >= 11 is 1.87. The maximum absolute atomic E-state index is 8.67. The van der Waals surface area contributed by atoms with Crippen LogP contribution in [0.3, 0.4) is 0 Å². The summed E-state index contributed by atoms with van der Waals surface area (Å²) < 4.78 is 0. The van der Waals surface area contributed by atoms with Gasteiger partial charge in [-0.15, -0.1) is 11.3 Å². The molecule has 0 amide bonds. The molecule has 0 aliphatic rings. The summed E-state index contributed by atoms with van der Waals surface area (Å²) in [5.41, 5.74) is 0. The molecule has 15 heavy (non-hydrogen) atoms. The summed E-state index contributed by atoms with van der Waals surface area (Å²) in [6, 6.07) is 4.38. The molecule has 0 bridgehead atoms.